The Hall–Kier alpha value is -1.45. The van der Waals surface area contributed by atoms with Gasteiger partial charge in [0.1, 0.15) is 5.65 Å². The van der Waals surface area contributed by atoms with Crippen molar-refractivity contribution in [3.8, 4) is 0 Å². The van der Waals surface area contributed by atoms with Crippen molar-refractivity contribution in [3.05, 3.63) is 12.3 Å². The van der Waals surface area contributed by atoms with Crippen molar-refractivity contribution in [1.29, 1.82) is 0 Å². The molecule has 0 spiro atoms. The minimum Gasteiger partial charge on any atom is -0.371 e. The van der Waals surface area contributed by atoms with E-state index in [1.807, 2.05) is 31.0 Å². The van der Waals surface area contributed by atoms with Gasteiger partial charge in [-0.2, -0.15) is 5.10 Å². The van der Waals surface area contributed by atoms with E-state index in [1.165, 1.54) is 0 Å². The second-order valence-electron chi connectivity index (χ2n) is 2.46. The van der Waals surface area contributed by atoms with Gasteiger partial charge >= 0.3 is 0 Å². The maximum absolute atomic E-state index is 4.24. The number of hydrogen-bond acceptors (Lipinski definition) is 2. The molecule has 11 heavy (non-hydrogen) atoms. The first-order valence-electron chi connectivity index (χ1n) is 3.51. The monoisotopic (exact) mass is 150 g/mol. The van der Waals surface area contributed by atoms with Gasteiger partial charge in [-0.1, -0.05) is 0 Å². The topological polar surface area (TPSA) is 45.6 Å². The van der Waals surface area contributed by atoms with Crippen LogP contribution in [0, 0.1) is 0 Å². The summed E-state index contributed by atoms with van der Waals surface area (Å²) >= 11 is 0. The van der Waals surface area contributed by atoms with E-state index >= 15 is 0 Å². The van der Waals surface area contributed by atoms with Crippen LogP contribution >= 0.6 is 0 Å². The molecular formula is C7H10N4. The van der Waals surface area contributed by atoms with Crippen LogP contribution in [-0.4, -0.2) is 21.8 Å². The fourth-order valence-corrected chi connectivity index (χ4v) is 1.26. The summed E-state index contributed by atoms with van der Waals surface area (Å²) in [5.74, 6) is 0.920. The van der Waals surface area contributed by atoms with Crippen LogP contribution < -0.4 is 5.32 Å². The molecule has 4 heteroatoms. The maximum Gasteiger partial charge on any atom is 0.157 e. The molecule has 0 unspecified atom stereocenters. The lowest BCUT2D eigenvalue weighted by molar-refractivity contribution is 0.790. The summed E-state index contributed by atoms with van der Waals surface area (Å²) < 4.78 is 1.82. The number of fused-ring (bicyclic) bond motifs is 1. The molecule has 0 fully saturated rings. The second kappa shape index (κ2) is 2.02. The molecule has 2 aromatic rings. The molecule has 2 rings (SSSR count). The molecule has 0 saturated heterocycles. The van der Waals surface area contributed by atoms with E-state index in [-0.39, 0.29) is 0 Å². The van der Waals surface area contributed by atoms with Gasteiger partial charge in [0.2, 0.25) is 0 Å². The van der Waals surface area contributed by atoms with Gasteiger partial charge in [-0.15, -0.1) is 0 Å². The zero-order valence-corrected chi connectivity index (χ0v) is 6.55. The molecule has 2 aromatic heterocycles. The molecule has 0 aliphatic rings. The number of nitrogens with zero attached hydrogens (tertiary/aromatic N) is 2. The molecule has 4 nitrogen and oxygen atoms in total. The zero-order valence-electron chi connectivity index (χ0n) is 6.55. The summed E-state index contributed by atoms with van der Waals surface area (Å²) in [4.78, 5) is 3.10. The lowest BCUT2D eigenvalue weighted by Gasteiger charge is -1.89. The van der Waals surface area contributed by atoms with Gasteiger partial charge < -0.3 is 10.3 Å². The fourth-order valence-electron chi connectivity index (χ4n) is 1.26. The Morgan fingerprint density at radius 1 is 1.64 bits per heavy atom. The largest absolute Gasteiger partial charge is 0.371 e. The average Bonchev–Trinajstić information content (AvgIpc) is 2.54. The number of aromatic nitrogens is 3. The summed E-state index contributed by atoms with van der Waals surface area (Å²) in [5.41, 5.74) is 1.05. The highest BCUT2D eigenvalue weighted by Crippen LogP contribution is 2.19. The van der Waals surface area contributed by atoms with Gasteiger partial charge in [0.15, 0.2) is 5.82 Å². The highest BCUT2D eigenvalue weighted by Gasteiger charge is 2.05. The summed E-state index contributed by atoms with van der Waals surface area (Å²) in [6.45, 7) is 0. The Bertz CT molecular complexity index is 371. The zero-order chi connectivity index (χ0) is 7.84. The molecule has 0 radical (unpaired) electrons. The van der Waals surface area contributed by atoms with E-state index in [9.17, 15) is 0 Å². The minimum atomic E-state index is 0.920. The van der Waals surface area contributed by atoms with Gasteiger partial charge in [0.05, 0.1) is 5.39 Å². The molecule has 0 amide bonds. The van der Waals surface area contributed by atoms with Crippen LogP contribution in [0.2, 0.25) is 0 Å². The third-order valence-corrected chi connectivity index (χ3v) is 1.79. The number of aryl methyl sites for hydroxylation is 1. The van der Waals surface area contributed by atoms with Gasteiger partial charge in [0.25, 0.3) is 0 Å². The summed E-state index contributed by atoms with van der Waals surface area (Å²) in [6, 6.07) is 2.01. The molecular weight excluding hydrogens is 140 g/mol. The lowest BCUT2D eigenvalue weighted by atomic mass is 10.4. The summed E-state index contributed by atoms with van der Waals surface area (Å²) in [5, 5.41) is 8.40. The number of H-pyrrole nitrogens is 1. The number of nitrogens with one attached hydrogen (secondary N) is 2. The Balaban J connectivity index is 2.80. The average molecular weight is 150 g/mol. The minimum absolute atomic E-state index is 0.920. The molecule has 0 aromatic carbocycles. The smallest absolute Gasteiger partial charge is 0.157 e. The normalized spacial score (nSPS) is 10.7. The van der Waals surface area contributed by atoms with Crippen molar-refractivity contribution >= 4 is 16.9 Å². The first kappa shape index (κ1) is 6.27. The van der Waals surface area contributed by atoms with Crippen molar-refractivity contribution in [2.24, 2.45) is 7.05 Å². The lowest BCUT2D eigenvalue weighted by Crippen LogP contribution is -1.93. The number of anilines is 1. The van der Waals surface area contributed by atoms with Crippen LogP contribution in [0.25, 0.3) is 11.0 Å². The van der Waals surface area contributed by atoms with E-state index in [4.69, 9.17) is 0 Å². The van der Waals surface area contributed by atoms with E-state index in [2.05, 4.69) is 15.4 Å². The fraction of sp³-hybridized carbons (Fsp3) is 0.286. The second-order valence-corrected chi connectivity index (χ2v) is 2.46. The molecule has 58 valence electrons. The molecule has 2 N–H and O–H groups in total. The highest BCUT2D eigenvalue weighted by atomic mass is 15.3. The Kier molecular flexibility index (Phi) is 1.15. The van der Waals surface area contributed by atoms with Crippen LogP contribution in [0.15, 0.2) is 12.3 Å². The van der Waals surface area contributed by atoms with Crippen LogP contribution in [0.3, 0.4) is 0 Å². The third kappa shape index (κ3) is 0.721. The standard InChI is InChI=1S/C7H10N4/c1-8-6-5-3-4-9-7(5)11(2)10-6/h3-4,9H,1-2H3,(H,8,10). The van der Waals surface area contributed by atoms with Crippen LogP contribution in [0.1, 0.15) is 0 Å². The molecule has 0 saturated carbocycles. The van der Waals surface area contributed by atoms with Crippen molar-refractivity contribution in [1.82, 2.24) is 14.8 Å². The molecule has 0 aliphatic carbocycles. The van der Waals surface area contributed by atoms with Crippen LogP contribution in [0.4, 0.5) is 5.82 Å². The summed E-state index contributed by atoms with van der Waals surface area (Å²) in [7, 11) is 3.79. The molecule has 0 aliphatic heterocycles. The molecule has 0 atom stereocenters. The van der Waals surface area contributed by atoms with E-state index < -0.39 is 0 Å². The highest BCUT2D eigenvalue weighted by molar-refractivity contribution is 5.87. The van der Waals surface area contributed by atoms with Gasteiger partial charge in [-0.25, -0.2) is 4.68 Å². The summed E-state index contributed by atoms with van der Waals surface area (Å²) in [6.07, 6.45) is 1.91. The number of hydrogen-bond donors (Lipinski definition) is 2. The third-order valence-electron chi connectivity index (χ3n) is 1.79. The first-order chi connectivity index (χ1) is 5.33. The Morgan fingerprint density at radius 3 is 3.18 bits per heavy atom. The SMILES string of the molecule is CNc1nn(C)c2[nH]ccc12. The number of rotatable bonds is 1. The maximum atomic E-state index is 4.24. The van der Waals surface area contributed by atoms with E-state index in [0.29, 0.717) is 0 Å². The van der Waals surface area contributed by atoms with E-state index in [0.717, 1.165) is 16.9 Å². The van der Waals surface area contributed by atoms with Crippen LogP contribution in [-0.2, 0) is 7.05 Å². The van der Waals surface area contributed by atoms with Crippen LogP contribution in [0.5, 0.6) is 0 Å². The van der Waals surface area contributed by atoms with Crippen molar-refractivity contribution < 1.29 is 0 Å². The predicted octanol–water partition coefficient (Wildman–Crippen LogP) is 0.943. The Morgan fingerprint density at radius 2 is 2.45 bits per heavy atom. The molecule has 2 heterocycles. The van der Waals surface area contributed by atoms with Crippen molar-refractivity contribution in [3.63, 3.8) is 0 Å². The molecule has 0 bridgehead atoms. The Labute approximate surface area is 64.2 Å². The van der Waals surface area contributed by atoms with Crippen molar-refractivity contribution in [2.75, 3.05) is 12.4 Å². The first-order valence-corrected chi connectivity index (χ1v) is 3.51. The number of aromatic amines is 1. The van der Waals surface area contributed by atoms with Gasteiger partial charge in [0, 0.05) is 20.3 Å². The van der Waals surface area contributed by atoms with Gasteiger partial charge in [-0.05, 0) is 6.07 Å². The van der Waals surface area contributed by atoms with Gasteiger partial charge in [-0.3, -0.25) is 0 Å². The van der Waals surface area contributed by atoms with Crippen molar-refractivity contribution in [2.45, 2.75) is 0 Å². The van der Waals surface area contributed by atoms with E-state index in [1.54, 1.807) is 0 Å². The quantitative estimate of drug-likeness (QED) is 0.635. The predicted molar refractivity (Wildman–Crippen MR) is 44.6 cm³/mol.